The highest BCUT2D eigenvalue weighted by Gasteiger charge is 2.29. The van der Waals surface area contributed by atoms with Gasteiger partial charge in [0, 0.05) is 16.0 Å². The Morgan fingerprint density at radius 2 is 1.82 bits per heavy atom. The zero-order valence-corrected chi connectivity index (χ0v) is 24.0. The number of ether oxygens (including phenoxy) is 1. The predicted octanol–water partition coefficient (Wildman–Crippen LogP) is 7.38. The number of pyridine rings is 1. The van der Waals surface area contributed by atoms with Crippen LogP contribution in [0.25, 0.3) is 22.4 Å². The van der Waals surface area contributed by atoms with Crippen LogP contribution in [0.1, 0.15) is 46.6 Å². The fourth-order valence-corrected chi connectivity index (χ4v) is 7.11. The standard InChI is InChI=1S/C32H29N3O3S2/c1-3-38-32(37)29-23-15-14-20(2)16-27(23)40-31(29)35-28(36)19-39-30-25(18-33)24(21-10-6-4-7-11-21)17-26(34-30)22-12-8-5-9-13-22/h4-13,17,20H,3,14-16,19H2,1-2H3,(H,35,36). The lowest BCUT2D eigenvalue weighted by Gasteiger charge is -2.18. The van der Waals surface area contributed by atoms with Crippen LogP contribution in [0.3, 0.4) is 0 Å². The largest absolute Gasteiger partial charge is 0.462 e. The van der Waals surface area contributed by atoms with Gasteiger partial charge in [-0.15, -0.1) is 11.3 Å². The number of rotatable bonds is 8. The van der Waals surface area contributed by atoms with Crippen molar-refractivity contribution in [3.05, 3.63) is 88.3 Å². The maximum Gasteiger partial charge on any atom is 0.341 e. The van der Waals surface area contributed by atoms with Gasteiger partial charge in [0.1, 0.15) is 16.1 Å². The molecule has 6 nitrogen and oxygen atoms in total. The second-order valence-electron chi connectivity index (χ2n) is 9.69. The lowest BCUT2D eigenvalue weighted by Crippen LogP contribution is -2.18. The van der Waals surface area contributed by atoms with Crippen LogP contribution in [-0.4, -0.2) is 29.2 Å². The molecule has 8 heteroatoms. The molecule has 0 saturated carbocycles. The first-order chi connectivity index (χ1) is 19.5. The van der Waals surface area contributed by atoms with E-state index in [-0.39, 0.29) is 18.3 Å². The molecule has 2 aromatic heterocycles. The zero-order valence-electron chi connectivity index (χ0n) is 22.4. The summed E-state index contributed by atoms with van der Waals surface area (Å²) in [5.74, 6) is -0.0881. The summed E-state index contributed by atoms with van der Waals surface area (Å²) in [7, 11) is 0. The van der Waals surface area contributed by atoms with Crippen LogP contribution in [0.15, 0.2) is 71.8 Å². The van der Waals surface area contributed by atoms with E-state index in [2.05, 4.69) is 18.3 Å². The first-order valence-electron chi connectivity index (χ1n) is 13.3. The molecule has 0 spiro atoms. The van der Waals surface area contributed by atoms with Crippen LogP contribution in [0, 0.1) is 17.2 Å². The molecular formula is C32H29N3O3S2. The highest BCUT2D eigenvalue weighted by Crippen LogP contribution is 2.40. The lowest BCUT2D eigenvalue weighted by molar-refractivity contribution is -0.113. The van der Waals surface area contributed by atoms with E-state index < -0.39 is 5.97 Å². The van der Waals surface area contributed by atoms with Crippen LogP contribution in [0.2, 0.25) is 0 Å². The molecule has 1 atom stereocenters. The minimum Gasteiger partial charge on any atom is -0.462 e. The Labute approximate surface area is 242 Å². The number of hydrogen-bond donors (Lipinski definition) is 1. The summed E-state index contributed by atoms with van der Waals surface area (Å²) in [6.45, 7) is 4.25. The van der Waals surface area contributed by atoms with Crippen molar-refractivity contribution < 1.29 is 14.3 Å². The molecule has 1 amide bonds. The summed E-state index contributed by atoms with van der Waals surface area (Å²) in [5.41, 5.74) is 5.24. The molecule has 1 aliphatic carbocycles. The van der Waals surface area contributed by atoms with Gasteiger partial charge in [0.15, 0.2) is 0 Å². The molecule has 2 aromatic carbocycles. The summed E-state index contributed by atoms with van der Waals surface area (Å²) in [4.78, 5) is 32.0. The van der Waals surface area contributed by atoms with Gasteiger partial charge in [-0.1, -0.05) is 79.3 Å². The van der Waals surface area contributed by atoms with E-state index in [1.807, 2.05) is 66.7 Å². The third-order valence-corrected chi connectivity index (χ3v) is 8.98. The number of carbonyl (C=O) groups excluding carboxylic acids is 2. The van der Waals surface area contributed by atoms with Crippen LogP contribution in [-0.2, 0) is 22.4 Å². The van der Waals surface area contributed by atoms with Gasteiger partial charge >= 0.3 is 5.97 Å². The summed E-state index contributed by atoms with van der Waals surface area (Å²) in [6, 6.07) is 23.7. The zero-order chi connectivity index (χ0) is 28.1. The van der Waals surface area contributed by atoms with Crippen LogP contribution in [0.4, 0.5) is 5.00 Å². The number of anilines is 1. The second-order valence-corrected chi connectivity index (χ2v) is 11.8. The SMILES string of the molecule is CCOC(=O)c1c(NC(=O)CSc2nc(-c3ccccc3)cc(-c3ccccc3)c2C#N)sc2c1CCC(C)C2. The summed E-state index contributed by atoms with van der Waals surface area (Å²) < 4.78 is 5.34. The monoisotopic (exact) mass is 567 g/mol. The molecule has 1 aliphatic rings. The quantitative estimate of drug-likeness (QED) is 0.176. The number of thioether (sulfide) groups is 1. The van der Waals surface area contributed by atoms with Crippen LogP contribution in [0.5, 0.6) is 0 Å². The summed E-state index contributed by atoms with van der Waals surface area (Å²) in [5, 5.41) is 14.1. The van der Waals surface area contributed by atoms with Gasteiger partial charge in [-0.05, 0) is 49.3 Å². The Morgan fingerprint density at radius 1 is 1.12 bits per heavy atom. The molecule has 5 rings (SSSR count). The van der Waals surface area contributed by atoms with Gasteiger partial charge in [-0.3, -0.25) is 4.79 Å². The van der Waals surface area contributed by atoms with Crippen LogP contribution >= 0.6 is 23.1 Å². The Balaban J connectivity index is 1.44. The van der Waals surface area contributed by atoms with Crippen molar-refractivity contribution in [1.29, 1.82) is 5.26 Å². The van der Waals surface area contributed by atoms with E-state index in [1.165, 1.54) is 23.1 Å². The number of esters is 1. The average molecular weight is 568 g/mol. The molecule has 1 unspecified atom stereocenters. The number of nitriles is 1. The second kappa shape index (κ2) is 12.5. The molecule has 2 heterocycles. The van der Waals surface area contributed by atoms with Crippen LogP contribution < -0.4 is 5.32 Å². The summed E-state index contributed by atoms with van der Waals surface area (Å²) >= 11 is 2.69. The molecule has 202 valence electrons. The third kappa shape index (κ3) is 5.96. The van der Waals surface area contributed by atoms with E-state index in [0.29, 0.717) is 27.1 Å². The molecule has 4 aromatic rings. The lowest BCUT2D eigenvalue weighted by atomic mass is 9.88. The van der Waals surface area contributed by atoms with E-state index in [1.54, 1.807) is 6.92 Å². The number of nitrogens with one attached hydrogen (secondary N) is 1. The number of carbonyl (C=O) groups is 2. The van der Waals surface area contributed by atoms with E-state index in [0.717, 1.165) is 52.1 Å². The minimum atomic E-state index is -0.394. The normalized spacial score (nSPS) is 14.2. The Bertz CT molecular complexity index is 1580. The number of benzene rings is 2. The molecule has 0 radical (unpaired) electrons. The molecule has 0 saturated heterocycles. The molecular weight excluding hydrogens is 539 g/mol. The smallest absolute Gasteiger partial charge is 0.341 e. The van der Waals surface area contributed by atoms with Crippen molar-refractivity contribution in [3.8, 4) is 28.5 Å². The third-order valence-electron chi connectivity index (χ3n) is 6.84. The molecule has 0 fully saturated rings. The molecule has 0 bridgehead atoms. The average Bonchev–Trinajstić information content (AvgIpc) is 3.33. The van der Waals surface area contributed by atoms with Gasteiger partial charge in [0.2, 0.25) is 5.91 Å². The fourth-order valence-electron chi connectivity index (χ4n) is 4.89. The Kier molecular flexibility index (Phi) is 8.63. The van der Waals surface area contributed by atoms with Crippen molar-refractivity contribution in [3.63, 3.8) is 0 Å². The fraction of sp³-hybridized carbons (Fsp3) is 0.250. The van der Waals surface area contributed by atoms with Crippen molar-refractivity contribution in [2.24, 2.45) is 5.92 Å². The topological polar surface area (TPSA) is 92.1 Å². The van der Waals surface area contributed by atoms with Gasteiger partial charge in [-0.25, -0.2) is 9.78 Å². The first kappa shape index (κ1) is 27.6. The maximum atomic E-state index is 13.2. The number of thiophene rings is 1. The highest BCUT2D eigenvalue weighted by molar-refractivity contribution is 8.00. The number of nitrogens with zero attached hydrogens (tertiary/aromatic N) is 2. The van der Waals surface area contributed by atoms with Gasteiger partial charge < -0.3 is 10.1 Å². The molecule has 0 aliphatic heterocycles. The molecule has 40 heavy (non-hydrogen) atoms. The highest BCUT2D eigenvalue weighted by atomic mass is 32.2. The first-order valence-corrected chi connectivity index (χ1v) is 15.1. The number of hydrogen-bond acceptors (Lipinski definition) is 7. The summed E-state index contributed by atoms with van der Waals surface area (Å²) in [6.07, 6.45) is 2.69. The van der Waals surface area contributed by atoms with Gasteiger partial charge in [0.25, 0.3) is 0 Å². The van der Waals surface area contributed by atoms with E-state index >= 15 is 0 Å². The van der Waals surface area contributed by atoms with Crippen molar-refractivity contribution in [2.45, 2.75) is 38.1 Å². The van der Waals surface area contributed by atoms with Crippen molar-refractivity contribution in [1.82, 2.24) is 4.98 Å². The number of aromatic nitrogens is 1. The Morgan fingerprint density at radius 3 is 2.50 bits per heavy atom. The number of amides is 1. The Hall–Kier alpha value is -3.93. The minimum absolute atomic E-state index is 0.0371. The van der Waals surface area contributed by atoms with Gasteiger partial charge in [0.05, 0.1) is 29.2 Å². The van der Waals surface area contributed by atoms with Gasteiger partial charge in [-0.2, -0.15) is 5.26 Å². The van der Waals surface area contributed by atoms with E-state index in [4.69, 9.17) is 9.72 Å². The van der Waals surface area contributed by atoms with Crippen molar-refractivity contribution in [2.75, 3.05) is 17.7 Å². The number of fused-ring (bicyclic) bond motifs is 1. The maximum absolute atomic E-state index is 13.2. The van der Waals surface area contributed by atoms with Crippen molar-refractivity contribution >= 4 is 40.0 Å². The van der Waals surface area contributed by atoms with E-state index in [9.17, 15) is 14.9 Å². The predicted molar refractivity (Wildman–Crippen MR) is 161 cm³/mol. The molecule has 1 N–H and O–H groups in total.